The van der Waals surface area contributed by atoms with Gasteiger partial charge in [-0.15, -0.1) is 0 Å². The predicted octanol–water partition coefficient (Wildman–Crippen LogP) is 5.82. The number of anilines is 1. The van der Waals surface area contributed by atoms with Crippen molar-refractivity contribution < 1.29 is 4.79 Å². The fraction of sp³-hybridized carbons (Fsp3) is 0.154. The van der Waals surface area contributed by atoms with E-state index in [0.29, 0.717) is 0 Å². The average Bonchev–Trinajstić information content (AvgIpc) is 2.78. The number of urea groups is 1. The van der Waals surface area contributed by atoms with Gasteiger partial charge in [0.25, 0.3) is 0 Å². The molecule has 4 N–H and O–H groups in total. The van der Waals surface area contributed by atoms with E-state index in [1.165, 1.54) is 0 Å². The van der Waals surface area contributed by atoms with Crippen molar-refractivity contribution in [2.24, 2.45) is 0 Å². The monoisotopic (exact) mass is 444 g/mol. The van der Waals surface area contributed by atoms with Crippen molar-refractivity contribution >= 4 is 34.6 Å². The molecule has 0 unspecified atom stereocenters. The van der Waals surface area contributed by atoms with E-state index in [9.17, 15) is 4.79 Å². The number of carbonyl (C=O) groups excluding carboxylic acids is 1. The molecule has 0 aliphatic heterocycles. The lowest BCUT2D eigenvalue weighted by Crippen LogP contribution is -2.53. The Morgan fingerprint density at radius 2 is 1.59 bits per heavy atom. The molecule has 0 spiro atoms. The molecule has 5 nitrogen and oxygen atoms in total. The minimum atomic E-state index is -0.591. The first kappa shape index (κ1) is 23.0. The molecular formula is C26H28N4OS. The first-order valence-corrected chi connectivity index (χ1v) is 10.7. The van der Waals surface area contributed by atoms with Crippen LogP contribution in [0.5, 0.6) is 0 Å². The molecule has 3 rings (SSSR count). The number of para-hydroxylation sites is 1. The molecule has 0 radical (unpaired) electrons. The molecule has 3 aromatic carbocycles. The fourth-order valence-corrected chi connectivity index (χ4v) is 3.45. The topological polar surface area (TPSA) is 65.2 Å². The molecule has 0 aliphatic carbocycles. The molecule has 0 bridgehead atoms. The van der Waals surface area contributed by atoms with E-state index in [1.807, 2.05) is 99.6 Å². The highest BCUT2D eigenvalue weighted by Crippen LogP contribution is 2.27. The van der Waals surface area contributed by atoms with Crippen LogP contribution in [0, 0.1) is 0 Å². The van der Waals surface area contributed by atoms with Gasteiger partial charge in [0.1, 0.15) is 0 Å². The van der Waals surface area contributed by atoms with Gasteiger partial charge in [-0.05, 0) is 61.8 Å². The Balaban J connectivity index is 1.59. The van der Waals surface area contributed by atoms with Crippen molar-refractivity contribution in [1.82, 2.24) is 16.2 Å². The van der Waals surface area contributed by atoms with Crippen LogP contribution in [0.2, 0.25) is 0 Å². The molecule has 0 saturated heterocycles. The average molecular weight is 445 g/mol. The van der Waals surface area contributed by atoms with Crippen LogP contribution < -0.4 is 21.5 Å². The first-order valence-electron chi connectivity index (χ1n) is 10.3. The number of hydrazine groups is 1. The Hall–Kier alpha value is -3.64. The van der Waals surface area contributed by atoms with Gasteiger partial charge in [-0.2, -0.15) is 0 Å². The van der Waals surface area contributed by atoms with Crippen molar-refractivity contribution in [2.45, 2.75) is 26.3 Å². The van der Waals surface area contributed by atoms with Gasteiger partial charge in [-0.3, -0.25) is 5.43 Å². The van der Waals surface area contributed by atoms with Gasteiger partial charge in [0.05, 0.1) is 5.54 Å². The molecule has 0 heterocycles. The van der Waals surface area contributed by atoms with Crippen LogP contribution in [0.15, 0.2) is 85.4 Å². The number of carbonyl (C=O) groups is 1. The van der Waals surface area contributed by atoms with Crippen molar-refractivity contribution in [2.75, 3.05) is 5.32 Å². The van der Waals surface area contributed by atoms with Crippen LogP contribution >= 0.6 is 12.2 Å². The van der Waals surface area contributed by atoms with Crippen molar-refractivity contribution in [1.29, 1.82) is 0 Å². The molecule has 164 valence electrons. The molecule has 0 fully saturated rings. The van der Waals surface area contributed by atoms with Crippen LogP contribution in [0.1, 0.15) is 31.9 Å². The van der Waals surface area contributed by atoms with E-state index in [-0.39, 0.29) is 5.11 Å². The summed E-state index contributed by atoms with van der Waals surface area (Å²) in [4.78, 5) is 12.5. The summed E-state index contributed by atoms with van der Waals surface area (Å²) in [5.41, 5.74) is 10.7. The van der Waals surface area contributed by atoms with Crippen LogP contribution in [0.25, 0.3) is 16.7 Å². The summed E-state index contributed by atoms with van der Waals surface area (Å²) in [6.45, 7) is 9.83. The fourth-order valence-electron chi connectivity index (χ4n) is 3.29. The number of thiocarbonyl (C=S) groups is 1. The van der Waals surface area contributed by atoms with Gasteiger partial charge in [-0.1, -0.05) is 78.9 Å². The zero-order valence-electron chi connectivity index (χ0n) is 18.5. The van der Waals surface area contributed by atoms with E-state index in [4.69, 9.17) is 12.2 Å². The van der Waals surface area contributed by atoms with Crippen molar-refractivity contribution in [3.05, 3.63) is 96.6 Å². The molecule has 0 atom stereocenters. The van der Waals surface area contributed by atoms with Crippen LogP contribution in [-0.2, 0) is 5.54 Å². The van der Waals surface area contributed by atoms with Crippen LogP contribution in [0.3, 0.4) is 0 Å². The van der Waals surface area contributed by atoms with Gasteiger partial charge in [0.15, 0.2) is 5.11 Å². The number of allylic oxidation sites excluding steroid dienone is 1. The Labute approximate surface area is 194 Å². The lowest BCUT2D eigenvalue weighted by Gasteiger charge is -2.27. The molecular weight excluding hydrogens is 416 g/mol. The Morgan fingerprint density at radius 1 is 0.906 bits per heavy atom. The molecule has 3 aromatic rings. The van der Waals surface area contributed by atoms with Gasteiger partial charge in [-0.25, -0.2) is 10.2 Å². The zero-order chi connectivity index (χ0) is 23.1. The van der Waals surface area contributed by atoms with Crippen molar-refractivity contribution in [3.63, 3.8) is 0 Å². The summed E-state index contributed by atoms with van der Waals surface area (Å²) >= 11 is 5.37. The quantitative estimate of drug-likeness (QED) is 0.296. The van der Waals surface area contributed by atoms with E-state index >= 15 is 0 Å². The lowest BCUT2D eigenvalue weighted by molar-refractivity contribution is 0.228. The lowest BCUT2D eigenvalue weighted by atomic mass is 9.92. The number of hydrogen-bond donors (Lipinski definition) is 4. The number of benzene rings is 3. The first-order chi connectivity index (χ1) is 15.3. The number of rotatable bonds is 5. The van der Waals surface area contributed by atoms with E-state index in [0.717, 1.165) is 33.5 Å². The second kappa shape index (κ2) is 10.1. The standard InChI is InChI=1S/C26H28N4OS/c1-18(2)20-13-10-14-21(17-20)26(3,4)28-24(31)29-30-25(32)27-23-16-9-8-15-22(23)19-11-6-5-7-12-19/h5-17H,1H2,2-4H3,(H2,27,30,32)(H2,28,29,31). The molecule has 0 saturated carbocycles. The predicted molar refractivity (Wildman–Crippen MR) is 137 cm³/mol. The van der Waals surface area contributed by atoms with Gasteiger partial charge < -0.3 is 10.6 Å². The molecule has 6 heteroatoms. The van der Waals surface area contributed by atoms with Crippen LogP contribution in [-0.4, -0.2) is 11.1 Å². The Bertz CT molecular complexity index is 1130. The third-order valence-corrected chi connectivity index (χ3v) is 5.26. The molecule has 2 amide bonds. The summed E-state index contributed by atoms with van der Waals surface area (Å²) in [6.07, 6.45) is 0. The Morgan fingerprint density at radius 3 is 2.31 bits per heavy atom. The maximum atomic E-state index is 12.5. The smallest absolute Gasteiger partial charge is 0.331 e. The summed E-state index contributed by atoms with van der Waals surface area (Å²) < 4.78 is 0. The largest absolute Gasteiger partial charge is 0.334 e. The van der Waals surface area contributed by atoms with E-state index in [2.05, 4.69) is 28.1 Å². The number of hydrogen-bond acceptors (Lipinski definition) is 2. The molecule has 0 aliphatic rings. The summed E-state index contributed by atoms with van der Waals surface area (Å²) in [7, 11) is 0. The van der Waals surface area contributed by atoms with Crippen LogP contribution in [0.4, 0.5) is 10.5 Å². The van der Waals surface area contributed by atoms with Gasteiger partial charge >= 0.3 is 6.03 Å². The van der Waals surface area contributed by atoms with Gasteiger partial charge in [0.2, 0.25) is 0 Å². The SMILES string of the molecule is C=C(C)c1cccc(C(C)(C)NC(=O)NNC(=S)Nc2ccccc2-c2ccccc2)c1. The summed E-state index contributed by atoms with van der Waals surface area (Å²) in [6, 6.07) is 25.5. The highest BCUT2D eigenvalue weighted by Gasteiger charge is 2.23. The molecule has 0 aromatic heterocycles. The van der Waals surface area contributed by atoms with Crippen molar-refractivity contribution in [3.8, 4) is 11.1 Å². The Kier molecular flexibility index (Phi) is 7.28. The third kappa shape index (κ3) is 5.95. The number of nitrogens with one attached hydrogen (secondary N) is 4. The third-order valence-electron chi connectivity index (χ3n) is 5.05. The number of amides is 2. The minimum absolute atomic E-state index is 0.283. The summed E-state index contributed by atoms with van der Waals surface area (Å²) in [5, 5.41) is 6.40. The minimum Gasteiger partial charge on any atom is -0.331 e. The highest BCUT2D eigenvalue weighted by molar-refractivity contribution is 7.80. The van der Waals surface area contributed by atoms with E-state index < -0.39 is 11.6 Å². The zero-order valence-corrected chi connectivity index (χ0v) is 19.3. The van der Waals surface area contributed by atoms with E-state index in [1.54, 1.807) is 0 Å². The second-order valence-electron chi connectivity index (χ2n) is 8.06. The second-order valence-corrected chi connectivity index (χ2v) is 8.46. The highest BCUT2D eigenvalue weighted by atomic mass is 32.1. The summed E-state index contributed by atoms with van der Waals surface area (Å²) in [5.74, 6) is 0. The normalized spacial score (nSPS) is 10.7. The molecule has 32 heavy (non-hydrogen) atoms. The maximum absolute atomic E-state index is 12.5. The maximum Gasteiger partial charge on any atom is 0.334 e. The van der Waals surface area contributed by atoms with Gasteiger partial charge in [0, 0.05) is 11.3 Å².